The minimum Gasteiger partial charge on any atom is -0.394 e. The number of sulfonamides is 4. The van der Waals surface area contributed by atoms with Crippen molar-refractivity contribution in [3.05, 3.63) is 139 Å². The van der Waals surface area contributed by atoms with E-state index in [-0.39, 0.29) is 40.9 Å². The third-order valence-corrected chi connectivity index (χ3v) is 22.2. The Balaban J connectivity index is 0.000000249. The van der Waals surface area contributed by atoms with Crippen LogP contribution in [0.4, 0.5) is 22.7 Å². The molecular weight excluding hydrogens is 1420 g/mol. The number of aliphatic hydroxyl groups is 5. The van der Waals surface area contributed by atoms with Gasteiger partial charge in [0.15, 0.2) is 19.6 Å². The number of ether oxygens (including phenoxy) is 2. The molecule has 4 fully saturated rings. The molecule has 8 rings (SSSR count). The number of morpholine rings is 2. The maximum atomic E-state index is 12.2. The fourth-order valence-electron chi connectivity index (χ4n) is 10.2. The fraction of sp³-hybridized carbons (Fsp3) is 0.493. The molecule has 0 aromatic heterocycles. The Labute approximate surface area is 613 Å². The second kappa shape index (κ2) is 44.9. The Morgan fingerprint density at radius 2 is 0.731 bits per heavy atom. The topological polar surface area (TPSA) is 428 Å². The van der Waals surface area contributed by atoms with Gasteiger partial charge in [-0.1, -0.05) is 69.3 Å². The van der Waals surface area contributed by atoms with E-state index in [0.717, 1.165) is 115 Å². The molecule has 4 aliphatic heterocycles. The highest BCUT2D eigenvalue weighted by atomic mass is 32.2. The van der Waals surface area contributed by atoms with E-state index in [2.05, 4.69) is 55.8 Å². The number of aliphatic hydroxyl groups excluding tert-OH is 5. The molecule has 104 heavy (non-hydrogen) atoms. The first-order chi connectivity index (χ1) is 49.7. The highest BCUT2D eigenvalue weighted by molar-refractivity contribution is 7.94. The minimum absolute atomic E-state index is 0.105. The molecular formula is C71H100N14O15S4. The molecule has 0 saturated carbocycles. The van der Waals surface area contributed by atoms with Gasteiger partial charge < -0.3 is 59.9 Å². The van der Waals surface area contributed by atoms with Crippen LogP contribution >= 0.6 is 0 Å². The molecule has 29 nitrogen and oxygen atoms in total. The van der Waals surface area contributed by atoms with Crippen molar-refractivity contribution in [2.45, 2.75) is 83.7 Å². The molecule has 4 aromatic carbocycles. The lowest BCUT2D eigenvalue weighted by molar-refractivity contribution is 0.0398. The first-order valence-corrected chi connectivity index (χ1v) is 40.4. The van der Waals surface area contributed by atoms with E-state index in [1.165, 1.54) is 43.6 Å². The number of anilines is 4. The van der Waals surface area contributed by atoms with Gasteiger partial charge in [0.05, 0.1) is 57.5 Å². The van der Waals surface area contributed by atoms with Gasteiger partial charge in [-0.25, -0.2) is 52.6 Å². The largest absolute Gasteiger partial charge is 0.394 e. The van der Waals surface area contributed by atoms with E-state index in [4.69, 9.17) is 19.8 Å². The number of piperazine rings is 1. The number of hydrogen-bond donors (Lipinski definition) is 10. The van der Waals surface area contributed by atoms with Gasteiger partial charge in [-0.15, -0.1) is 0 Å². The zero-order valence-corrected chi connectivity index (χ0v) is 62.7. The van der Waals surface area contributed by atoms with Crippen molar-refractivity contribution < 1.29 is 68.7 Å². The SMILES string of the molecule is CCC(O)CNS(=O)(=O)/C(C#N)=C/c1ccc(N2CCCCC2)cc1.CCC(O)CNS(=O)(=O)/C(C#N)=C/c1ccc(N2CCOCC2)cc1.CCC(O)CNS(=O)(=O)/C(C#N)=C/c1ccc(NCCN2CCOCC2)cc1.CN1CCN(c2ccc(/C=C(\C#N)S(=O)(=O)NCC(O)CO)cc2)CC1. The summed E-state index contributed by atoms with van der Waals surface area (Å²) >= 11 is 0. The molecule has 568 valence electrons. The summed E-state index contributed by atoms with van der Waals surface area (Å²) in [7, 11) is -13.8. The van der Waals surface area contributed by atoms with Crippen LogP contribution in [-0.2, 0) is 49.6 Å². The molecule has 4 saturated heterocycles. The van der Waals surface area contributed by atoms with Crippen LogP contribution in [0, 0.1) is 45.3 Å². The number of piperidine rings is 1. The number of rotatable bonds is 31. The van der Waals surface area contributed by atoms with Gasteiger partial charge in [0.25, 0.3) is 40.1 Å². The van der Waals surface area contributed by atoms with Crippen LogP contribution in [0.3, 0.4) is 0 Å². The molecule has 4 aliphatic rings. The van der Waals surface area contributed by atoms with E-state index in [1.54, 1.807) is 81.4 Å². The van der Waals surface area contributed by atoms with Crippen LogP contribution in [0.5, 0.6) is 0 Å². The summed E-state index contributed by atoms with van der Waals surface area (Å²) in [6, 6.07) is 36.3. The maximum Gasteiger partial charge on any atom is 0.250 e. The molecule has 10 N–H and O–H groups in total. The van der Waals surface area contributed by atoms with E-state index in [9.17, 15) is 69.9 Å². The Kier molecular flexibility index (Phi) is 37.6. The smallest absolute Gasteiger partial charge is 0.250 e. The standard InChI is InChI=1S/C19H28N4O4S.C18H25N3O3S.C17H24N4O4S.C17H23N3O4S/c1-2-18(24)15-22-28(25,26)19(14-20)13-16-3-5-17(6-4-16)21-7-8-23-9-11-27-12-10-23;1-2-17(22)14-20-25(23,24)18(13-19)12-15-6-8-16(9-7-15)21-10-4-3-5-11-21;1-20-6-8-21(9-7-20)15-4-2-14(3-5-15)10-17(11-18)26(24,25)19-12-16(23)13-22;1-2-16(21)13-19-25(22,23)17(12-18)11-14-3-5-15(6-4-14)20-7-9-24-10-8-20/h3-6,13,18,21-22,24H,2,7-12,15H2,1H3;6-9,12,17,20,22H,2-5,10-11,14H2,1H3;2-5,10,16,19,22-23H,6-9,12-13H2,1H3;3-6,11,16,19,21H,2,7-10,13H2,1H3/b19-13+;18-12+;17-10+;17-11+. The van der Waals surface area contributed by atoms with Crippen molar-refractivity contribution in [3.8, 4) is 24.3 Å². The number of nitrogens with one attached hydrogen (secondary N) is 5. The lowest BCUT2D eigenvalue weighted by Crippen LogP contribution is -2.44. The maximum absolute atomic E-state index is 12.2. The van der Waals surface area contributed by atoms with Crippen LogP contribution in [0.25, 0.3) is 24.3 Å². The average molecular weight is 1520 g/mol. The Bertz CT molecular complexity index is 3930. The number of benzene rings is 4. The highest BCUT2D eigenvalue weighted by Crippen LogP contribution is 2.24. The van der Waals surface area contributed by atoms with Crippen molar-refractivity contribution in [2.24, 2.45) is 0 Å². The first kappa shape index (κ1) is 86.9. The number of likely N-dealkylation sites (N-methyl/N-ethyl adjacent to an activating group) is 1. The van der Waals surface area contributed by atoms with Gasteiger partial charge in [-0.05, 0) is 141 Å². The minimum atomic E-state index is -4.05. The summed E-state index contributed by atoms with van der Waals surface area (Å²) in [5, 5.41) is 86.5. The number of hydrogen-bond acceptors (Lipinski definition) is 25. The van der Waals surface area contributed by atoms with Crippen molar-refractivity contribution in [1.82, 2.24) is 28.7 Å². The molecule has 0 spiro atoms. The van der Waals surface area contributed by atoms with Crippen molar-refractivity contribution in [3.63, 3.8) is 0 Å². The molecule has 4 unspecified atom stereocenters. The Morgan fingerprint density at radius 3 is 1.05 bits per heavy atom. The highest BCUT2D eigenvalue weighted by Gasteiger charge is 2.24. The fourth-order valence-corrected chi connectivity index (χ4v) is 14.1. The summed E-state index contributed by atoms with van der Waals surface area (Å²) in [5.74, 6) is 0. The molecule has 0 bridgehead atoms. The summed E-state index contributed by atoms with van der Waals surface area (Å²) in [4.78, 5) is 9.78. The summed E-state index contributed by atoms with van der Waals surface area (Å²) in [6.45, 7) is 18.1. The second-order valence-electron chi connectivity index (χ2n) is 24.6. The molecule has 0 aliphatic carbocycles. The molecule has 0 radical (unpaired) electrons. The predicted molar refractivity (Wildman–Crippen MR) is 404 cm³/mol. The number of allylic oxidation sites excluding steroid dienone is 4. The summed E-state index contributed by atoms with van der Waals surface area (Å²) in [5.41, 5.74) is 6.60. The first-order valence-electron chi connectivity index (χ1n) is 34.5. The number of nitrogens with zero attached hydrogens (tertiary/aromatic N) is 9. The Hall–Kier alpha value is -7.72. The van der Waals surface area contributed by atoms with Crippen LogP contribution < -0.4 is 38.9 Å². The third-order valence-electron chi connectivity index (χ3n) is 16.9. The molecule has 33 heteroatoms. The van der Waals surface area contributed by atoms with Crippen molar-refractivity contribution >= 4 is 87.1 Å². The van der Waals surface area contributed by atoms with Gasteiger partial charge >= 0.3 is 0 Å². The molecule has 4 heterocycles. The van der Waals surface area contributed by atoms with Crippen LogP contribution in [0.2, 0.25) is 0 Å². The van der Waals surface area contributed by atoms with E-state index in [0.29, 0.717) is 54.7 Å². The van der Waals surface area contributed by atoms with Crippen LogP contribution in [0.1, 0.15) is 81.5 Å². The molecule has 0 amide bonds. The normalized spacial score (nSPS) is 17.3. The van der Waals surface area contributed by atoms with E-state index >= 15 is 0 Å². The summed E-state index contributed by atoms with van der Waals surface area (Å²) in [6.07, 6.45) is 6.66. The van der Waals surface area contributed by atoms with E-state index < -0.39 is 76.0 Å². The quantitative estimate of drug-likeness (QED) is 0.0320. The zero-order valence-electron chi connectivity index (χ0n) is 59.4. The lowest BCUT2D eigenvalue weighted by atomic mass is 10.1. The Morgan fingerprint density at radius 1 is 0.433 bits per heavy atom. The van der Waals surface area contributed by atoms with Crippen LogP contribution in [0.15, 0.2) is 117 Å². The zero-order chi connectivity index (χ0) is 76.1. The predicted octanol–water partition coefficient (Wildman–Crippen LogP) is 3.87. The van der Waals surface area contributed by atoms with Gasteiger partial charge in [0, 0.05) is 127 Å². The second-order valence-corrected chi connectivity index (χ2v) is 31.6. The van der Waals surface area contributed by atoms with Crippen molar-refractivity contribution in [2.75, 3.05) is 165 Å². The molecule has 4 aromatic rings. The van der Waals surface area contributed by atoms with Gasteiger partial charge in [0.2, 0.25) is 0 Å². The third kappa shape index (κ3) is 30.4. The lowest BCUT2D eigenvalue weighted by Gasteiger charge is -2.34. The number of nitriles is 4. The van der Waals surface area contributed by atoms with E-state index in [1.807, 2.05) is 60.7 Å². The van der Waals surface area contributed by atoms with Gasteiger partial charge in [-0.3, -0.25) is 4.90 Å². The van der Waals surface area contributed by atoms with Gasteiger partial charge in [0.1, 0.15) is 24.3 Å². The van der Waals surface area contributed by atoms with Gasteiger partial charge in [-0.2, -0.15) is 21.0 Å². The summed E-state index contributed by atoms with van der Waals surface area (Å²) < 4.78 is 117. The monoisotopic (exact) mass is 1520 g/mol. The van der Waals surface area contributed by atoms with Crippen molar-refractivity contribution in [1.29, 1.82) is 21.0 Å². The molecule has 4 atom stereocenters. The van der Waals surface area contributed by atoms with Crippen LogP contribution in [-0.4, -0.2) is 238 Å². The average Bonchev–Trinajstić information content (AvgIpc) is 0.850.